The van der Waals surface area contributed by atoms with Crippen LogP contribution < -0.4 is 5.32 Å². The molecule has 0 radical (unpaired) electrons. The van der Waals surface area contributed by atoms with Crippen molar-refractivity contribution in [2.24, 2.45) is 0 Å². The Labute approximate surface area is 106 Å². The lowest BCUT2D eigenvalue weighted by molar-refractivity contribution is -0.123. The Kier molecular flexibility index (Phi) is 3.13. The summed E-state index contributed by atoms with van der Waals surface area (Å²) in [6, 6.07) is 0. The summed E-state index contributed by atoms with van der Waals surface area (Å²) in [7, 11) is 0. The second kappa shape index (κ2) is 4.30. The molecule has 4 nitrogen and oxygen atoms in total. The van der Waals surface area contributed by atoms with Gasteiger partial charge in [-0.25, -0.2) is 4.98 Å². The van der Waals surface area contributed by atoms with Crippen LogP contribution in [0.3, 0.4) is 0 Å². The zero-order valence-electron chi connectivity index (χ0n) is 8.08. The van der Waals surface area contributed by atoms with E-state index in [2.05, 4.69) is 20.9 Å². The van der Waals surface area contributed by atoms with Crippen LogP contribution in [0.15, 0.2) is 16.2 Å². The predicted molar refractivity (Wildman–Crippen MR) is 59.2 cm³/mol. The highest BCUT2D eigenvalue weighted by Gasteiger charge is 2.29. The second-order valence-corrected chi connectivity index (χ2v) is 4.73. The number of rotatable bonds is 2. The number of halogens is 4. The van der Waals surface area contributed by atoms with Crippen molar-refractivity contribution in [1.29, 1.82) is 0 Å². The SMILES string of the molecule is O=C(NCC(F)(F)F)c1nc2sccn2c1Br. The number of thiazole rings is 1. The monoisotopic (exact) mass is 327 g/mol. The Balaban J connectivity index is 2.19. The number of alkyl halides is 3. The largest absolute Gasteiger partial charge is 0.405 e. The molecule has 0 saturated carbocycles. The Bertz CT molecular complexity index is 562. The minimum atomic E-state index is -4.43. The van der Waals surface area contributed by atoms with Gasteiger partial charge in [0.05, 0.1) is 0 Å². The topological polar surface area (TPSA) is 46.4 Å². The molecule has 0 saturated heterocycles. The smallest absolute Gasteiger partial charge is 0.341 e. The van der Waals surface area contributed by atoms with Crippen LogP contribution in [0.25, 0.3) is 4.96 Å². The van der Waals surface area contributed by atoms with Crippen LogP contribution in [0, 0.1) is 0 Å². The van der Waals surface area contributed by atoms with Crippen LogP contribution >= 0.6 is 27.3 Å². The van der Waals surface area contributed by atoms with Crippen molar-refractivity contribution in [3.63, 3.8) is 0 Å². The van der Waals surface area contributed by atoms with Gasteiger partial charge in [0.2, 0.25) is 0 Å². The third kappa shape index (κ3) is 2.60. The minimum absolute atomic E-state index is 0.0545. The zero-order valence-corrected chi connectivity index (χ0v) is 10.5. The second-order valence-electron chi connectivity index (χ2n) is 3.10. The standard InChI is InChI=1S/C8H5BrF3N3OS/c9-5-4(6(16)13-3-8(10,11)12)14-7-15(5)1-2-17-7/h1-2H,3H2,(H,13,16). The lowest BCUT2D eigenvalue weighted by Gasteiger charge is -2.06. The van der Waals surface area contributed by atoms with Gasteiger partial charge in [-0.3, -0.25) is 9.20 Å². The van der Waals surface area contributed by atoms with Gasteiger partial charge >= 0.3 is 6.18 Å². The van der Waals surface area contributed by atoms with E-state index in [1.807, 2.05) is 0 Å². The molecule has 9 heteroatoms. The molecule has 0 unspecified atom stereocenters. The van der Waals surface area contributed by atoms with Crippen molar-refractivity contribution in [2.45, 2.75) is 6.18 Å². The normalized spacial score (nSPS) is 12.0. The van der Waals surface area contributed by atoms with Gasteiger partial charge in [0, 0.05) is 11.6 Å². The van der Waals surface area contributed by atoms with E-state index in [1.54, 1.807) is 21.3 Å². The van der Waals surface area contributed by atoms with Crippen LogP contribution in [0.5, 0.6) is 0 Å². The summed E-state index contributed by atoms with van der Waals surface area (Å²) in [5, 5.41) is 3.52. The third-order valence-corrected chi connectivity index (χ3v) is 3.38. The molecular weight excluding hydrogens is 323 g/mol. The fourth-order valence-electron chi connectivity index (χ4n) is 1.17. The van der Waals surface area contributed by atoms with Gasteiger partial charge in [-0.15, -0.1) is 11.3 Å². The van der Waals surface area contributed by atoms with Crippen molar-refractivity contribution in [2.75, 3.05) is 6.54 Å². The van der Waals surface area contributed by atoms with Crippen LogP contribution in [-0.2, 0) is 0 Å². The molecule has 2 aromatic heterocycles. The third-order valence-electron chi connectivity index (χ3n) is 1.87. The predicted octanol–water partition coefficient (Wildman–Crippen LogP) is 2.45. The number of nitrogens with zero attached hydrogens (tertiary/aromatic N) is 2. The molecule has 2 aromatic rings. The van der Waals surface area contributed by atoms with Crippen LogP contribution in [0.1, 0.15) is 10.5 Å². The van der Waals surface area contributed by atoms with E-state index >= 15 is 0 Å². The molecule has 17 heavy (non-hydrogen) atoms. The Hall–Kier alpha value is -1.09. The summed E-state index contributed by atoms with van der Waals surface area (Å²) in [6.45, 7) is -1.37. The van der Waals surface area contributed by atoms with E-state index in [0.717, 1.165) is 0 Å². The molecule has 0 fully saturated rings. The first-order chi connectivity index (χ1) is 7.88. The zero-order chi connectivity index (χ0) is 12.6. The van der Waals surface area contributed by atoms with E-state index in [4.69, 9.17) is 0 Å². The number of hydrogen-bond donors (Lipinski definition) is 1. The lowest BCUT2D eigenvalue weighted by Crippen LogP contribution is -2.34. The highest BCUT2D eigenvalue weighted by Crippen LogP contribution is 2.22. The molecule has 2 heterocycles. The van der Waals surface area contributed by atoms with E-state index < -0.39 is 18.6 Å². The van der Waals surface area contributed by atoms with Gasteiger partial charge in [0.25, 0.3) is 5.91 Å². The van der Waals surface area contributed by atoms with Crippen LogP contribution in [0.2, 0.25) is 0 Å². The highest BCUT2D eigenvalue weighted by atomic mass is 79.9. The van der Waals surface area contributed by atoms with Gasteiger partial charge in [0.15, 0.2) is 10.7 Å². The molecule has 0 aliphatic carbocycles. The Morgan fingerprint density at radius 1 is 1.59 bits per heavy atom. The van der Waals surface area contributed by atoms with E-state index in [9.17, 15) is 18.0 Å². The first kappa shape index (κ1) is 12.4. The molecule has 0 spiro atoms. The average Bonchev–Trinajstić information content (AvgIpc) is 2.77. The summed E-state index contributed by atoms with van der Waals surface area (Å²) in [6.07, 6.45) is -2.77. The minimum Gasteiger partial charge on any atom is -0.341 e. The number of fused-ring (bicyclic) bond motifs is 1. The maximum Gasteiger partial charge on any atom is 0.405 e. The van der Waals surface area contributed by atoms with Gasteiger partial charge in [-0.2, -0.15) is 13.2 Å². The molecule has 0 aliphatic heterocycles. The first-order valence-electron chi connectivity index (χ1n) is 4.34. The Morgan fingerprint density at radius 2 is 2.29 bits per heavy atom. The van der Waals surface area contributed by atoms with Crippen molar-refractivity contribution >= 4 is 38.1 Å². The van der Waals surface area contributed by atoms with Crippen LogP contribution in [0.4, 0.5) is 13.2 Å². The first-order valence-corrected chi connectivity index (χ1v) is 6.02. The fourth-order valence-corrected chi connectivity index (χ4v) is 2.55. The van der Waals surface area contributed by atoms with Crippen LogP contribution in [-0.4, -0.2) is 28.0 Å². The Morgan fingerprint density at radius 3 is 2.88 bits per heavy atom. The molecule has 0 aliphatic rings. The summed E-state index contributed by atoms with van der Waals surface area (Å²) >= 11 is 4.40. The maximum absolute atomic E-state index is 11.9. The number of amides is 1. The molecule has 1 N–H and O–H groups in total. The number of nitrogens with one attached hydrogen (secondary N) is 1. The number of carbonyl (C=O) groups is 1. The van der Waals surface area contributed by atoms with Crippen molar-refractivity contribution in [1.82, 2.24) is 14.7 Å². The summed E-state index contributed by atoms with van der Waals surface area (Å²) in [4.78, 5) is 15.9. The van der Waals surface area contributed by atoms with Gasteiger partial charge in [-0.05, 0) is 15.9 Å². The van der Waals surface area contributed by atoms with E-state index in [1.165, 1.54) is 11.3 Å². The molecular formula is C8H5BrF3N3OS. The van der Waals surface area contributed by atoms with Crippen molar-refractivity contribution in [3.8, 4) is 0 Å². The average molecular weight is 328 g/mol. The van der Waals surface area contributed by atoms with E-state index in [0.29, 0.717) is 9.56 Å². The molecule has 2 rings (SSSR count). The molecule has 0 aromatic carbocycles. The number of aromatic nitrogens is 2. The van der Waals surface area contributed by atoms with Gasteiger partial charge in [0.1, 0.15) is 11.1 Å². The number of imidazole rings is 1. The fraction of sp³-hybridized carbons (Fsp3) is 0.250. The molecule has 92 valence electrons. The van der Waals surface area contributed by atoms with Crippen molar-refractivity contribution in [3.05, 3.63) is 21.9 Å². The summed E-state index contributed by atoms with van der Waals surface area (Å²) in [5.74, 6) is -0.856. The van der Waals surface area contributed by atoms with Gasteiger partial charge < -0.3 is 5.32 Å². The number of hydrogen-bond acceptors (Lipinski definition) is 3. The summed E-state index contributed by atoms with van der Waals surface area (Å²) < 4.78 is 37.7. The number of carbonyl (C=O) groups excluding carboxylic acids is 1. The van der Waals surface area contributed by atoms with E-state index in [-0.39, 0.29) is 5.69 Å². The highest BCUT2D eigenvalue weighted by molar-refractivity contribution is 9.10. The van der Waals surface area contributed by atoms with Gasteiger partial charge in [-0.1, -0.05) is 0 Å². The molecule has 0 atom stereocenters. The molecule has 0 bridgehead atoms. The maximum atomic E-state index is 11.9. The summed E-state index contributed by atoms with van der Waals surface area (Å²) in [5.41, 5.74) is -0.0545. The quantitative estimate of drug-likeness (QED) is 0.921. The van der Waals surface area contributed by atoms with Crippen molar-refractivity contribution < 1.29 is 18.0 Å². The lowest BCUT2D eigenvalue weighted by atomic mass is 10.4. The molecule has 1 amide bonds.